The first-order valence-electron chi connectivity index (χ1n) is 8.70. The summed E-state index contributed by atoms with van der Waals surface area (Å²) in [6, 6.07) is 13.6. The van der Waals surface area contributed by atoms with E-state index in [0.717, 1.165) is 11.3 Å². The number of esters is 1. The van der Waals surface area contributed by atoms with E-state index in [1.54, 1.807) is 19.1 Å². The number of nitro benzene ring substituents is 1. The van der Waals surface area contributed by atoms with Gasteiger partial charge in [-0.25, -0.2) is 9.78 Å². The zero-order valence-electron chi connectivity index (χ0n) is 15.8. The molecule has 2 aromatic carbocycles. The predicted molar refractivity (Wildman–Crippen MR) is 106 cm³/mol. The van der Waals surface area contributed by atoms with Crippen LogP contribution in [0.2, 0.25) is 0 Å². The van der Waals surface area contributed by atoms with Crippen LogP contribution in [-0.2, 0) is 4.74 Å². The lowest BCUT2D eigenvalue weighted by Gasteiger charge is -2.12. The van der Waals surface area contributed by atoms with Crippen molar-refractivity contribution in [3.8, 4) is 22.6 Å². The van der Waals surface area contributed by atoms with Gasteiger partial charge in [0.05, 0.1) is 17.2 Å². The molecule has 0 spiro atoms. The van der Waals surface area contributed by atoms with Gasteiger partial charge in [0.1, 0.15) is 5.82 Å². The number of anilines is 1. The summed E-state index contributed by atoms with van der Waals surface area (Å²) in [6.45, 7) is 1.96. The Morgan fingerprint density at radius 1 is 1.11 bits per heavy atom. The largest absolute Gasteiger partial charge is 0.461 e. The number of carbonyl (C=O) groups excluding carboxylic acids is 1. The fourth-order valence-electron chi connectivity index (χ4n) is 2.73. The summed E-state index contributed by atoms with van der Waals surface area (Å²) in [4.78, 5) is 32.3. The van der Waals surface area contributed by atoms with E-state index in [9.17, 15) is 14.9 Å². The van der Waals surface area contributed by atoms with E-state index in [4.69, 9.17) is 4.74 Å². The van der Waals surface area contributed by atoms with E-state index in [2.05, 4.69) is 9.97 Å². The molecule has 0 aliphatic rings. The van der Waals surface area contributed by atoms with Gasteiger partial charge in [-0.05, 0) is 31.2 Å². The Balaban J connectivity index is 2.05. The lowest BCUT2D eigenvalue weighted by atomic mass is 10.1. The van der Waals surface area contributed by atoms with E-state index < -0.39 is 10.9 Å². The number of H-pyrrole nitrogens is 1. The van der Waals surface area contributed by atoms with Crippen LogP contribution < -0.4 is 4.90 Å². The molecule has 0 radical (unpaired) electrons. The van der Waals surface area contributed by atoms with E-state index >= 15 is 0 Å². The molecule has 28 heavy (non-hydrogen) atoms. The average Bonchev–Trinajstić information content (AvgIpc) is 3.14. The number of aromatic nitrogens is 2. The van der Waals surface area contributed by atoms with Gasteiger partial charge in [-0.1, -0.05) is 12.1 Å². The van der Waals surface area contributed by atoms with Crippen LogP contribution in [0, 0.1) is 10.1 Å². The maximum atomic E-state index is 12.4. The molecular formula is C20H20N4O4. The summed E-state index contributed by atoms with van der Waals surface area (Å²) in [7, 11) is 3.89. The maximum Gasteiger partial charge on any atom is 0.359 e. The van der Waals surface area contributed by atoms with Crippen LogP contribution in [0.4, 0.5) is 11.4 Å². The second-order valence-electron chi connectivity index (χ2n) is 6.27. The van der Waals surface area contributed by atoms with E-state index in [1.165, 1.54) is 12.1 Å². The Bertz CT molecular complexity index is 992. The molecule has 0 fully saturated rings. The van der Waals surface area contributed by atoms with Gasteiger partial charge in [-0.2, -0.15) is 0 Å². The number of rotatable bonds is 6. The standard InChI is InChI=1S/C20H20N4O4/c1-4-28-20(25)18-17(13-5-9-15(10-6-13)23(2)3)21-19(22-18)14-7-11-16(12-8-14)24(26)27/h5-12H,4H2,1-3H3,(H,21,22). The summed E-state index contributed by atoms with van der Waals surface area (Å²) in [5.74, 6) is -0.0942. The van der Waals surface area contributed by atoms with Crippen molar-refractivity contribution < 1.29 is 14.5 Å². The van der Waals surface area contributed by atoms with Crippen LogP contribution >= 0.6 is 0 Å². The van der Waals surface area contributed by atoms with Crippen LogP contribution in [0.5, 0.6) is 0 Å². The van der Waals surface area contributed by atoms with Crippen molar-refractivity contribution in [1.82, 2.24) is 9.97 Å². The number of benzene rings is 2. The average molecular weight is 380 g/mol. The number of carbonyl (C=O) groups is 1. The van der Waals surface area contributed by atoms with Crippen molar-refractivity contribution in [2.75, 3.05) is 25.6 Å². The second-order valence-corrected chi connectivity index (χ2v) is 6.27. The lowest BCUT2D eigenvalue weighted by molar-refractivity contribution is -0.384. The van der Waals surface area contributed by atoms with Gasteiger partial charge in [0.25, 0.3) is 5.69 Å². The zero-order valence-corrected chi connectivity index (χ0v) is 15.8. The third kappa shape index (κ3) is 3.85. The Morgan fingerprint density at radius 3 is 2.25 bits per heavy atom. The fraction of sp³-hybridized carbons (Fsp3) is 0.200. The molecule has 0 bridgehead atoms. The van der Waals surface area contributed by atoms with Gasteiger partial charge in [0, 0.05) is 43.0 Å². The number of hydrogen-bond acceptors (Lipinski definition) is 6. The first-order valence-corrected chi connectivity index (χ1v) is 8.70. The fourth-order valence-corrected chi connectivity index (χ4v) is 2.73. The predicted octanol–water partition coefficient (Wildman–Crippen LogP) is 3.89. The van der Waals surface area contributed by atoms with Gasteiger partial charge >= 0.3 is 5.97 Å². The molecule has 0 aliphatic carbocycles. The third-order valence-corrected chi connectivity index (χ3v) is 4.20. The molecule has 1 aromatic heterocycles. The lowest BCUT2D eigenvalue weighted by Crippen LogP contribution is -2.08. The molecule has 0 saturated carbocycles. The first-order chi connectivity index (χ1) is 13.4. The molecule has 3 rings (SSSR count). The van der Waals surface area contributed by atoms with Crippen LogP contribution in [0.3, 0.4) is 0 Å². The molecule has 3 aromatic rings. The summed E-state index contributed by atoms with van der Waals surface area (Å²) in [6.07, 6.45) is 0. The quantitative estimate of drug-likeness (QED) is 0.395. The summed E-state index contributed by atoms with van der Waals surface area (Å²) >= 11 is 0. The Morgan fingerprint density at radius 2 is 1.71 bits per heavy atom. The van der Waals surface area contributed by atoms with Gasteiger partial charge in [0.2, 0.25) is 0 Å². The van der Waals surface area contributed by atoms with Gasteiger partial charge in [-0.15, -0.1) is 0 Å². The maximum absolute atomic E-state index is 12.4. The molecule has 0 atom stereocenters. The minimum Gasteiger partial charge on any atom is -0.461 e. The third-order valence-electron chi connectivity index (χ3n) is 4.20. The SMILES string of the molecule is CCOC(=O)c1nc(-c2ccc([N+](=O)[O-])cc2)[nH]c1-c1ccc(N(C)C)cc1. The second kappa shape index (κ2) is 7.91. The molecular weight excluding hydrogens is 360 g/mol. The monoisotopic (exact) mass is 380 g/mol. The van der Waals surface area contributed by atoms with Crippen molar-refractivity contribution in [2.45, 2.75) is 6.92 Å². The summed E-state index contributed by atoms with van der Waals surface area (Å²) < 4.78 is 5.13. The molecule has 1 N–H and O–H groups in total. The summed E-state index contributed by atoms with van der Waals surface area (Å²) in [5.41, 5.74) is 3.14. The Labute approximate surface area is 161 Å². The van der Waals surface area contributed by atoms with E-state index in [-0.39, 0.29) is 18.0 Å². The highest BCUT2D eigenvalue weighted by Gasteiger charge is 2.21. The number of ether oxygens (including phenoxy) is 1. The van der Waals surface area contributed by atoms with Crippen LogP contribution in [-0.4, -0.2) is 41.6 Å². The Kier molecular flexibility index (Phi) is 5.39. The highest BCUT2D eigenvalue weighted by Crippen LogP contribution is 2.29. The minimum absolute atomic E-state index is 0.0135. The first kappa shape index (κ1) is 19.1. The van der Waals surface area contributed by atoms with E-state index in [1.807, 2.05) is 43.3 Å². The van der Waals surface area contributed by atoms with Crippen molar-refractivity contribution in [3.05, 3.63) is 64.3 Å². The normalized spacial score (nSPS) is 10.5. The number of nitrogens with one attached hydrogen (secondary N) is 1. The highest BCUT2D eigenvalue weighted by molar-refractivity contribution is 5.95. The molecule has 0 amide bonds. The number of nitrogens with zero attached hydrogens (tertiary/aromatic N) is 3. The van der Waals surface area contributed by atoms with Crippen molar-refractivity contribution in [1.29, 1.82) is 0 Å². The number of aromatic amines is 1. The topological polar surface area (TPSA) is 101 Å². The van der Waals surface area contributed by atoms with Crippen molar-refractivity contribution in [3.63, 3.8) is 0 Å². The van der Waals surface area contributed by atoms with Crippen LogP contribution in [0.15, 0.2) is 48.5 Å². The molecule has 0 saturated heterocycles. The molecule has 0 unspecified atom stereocenters. The van der Waals surface area contributed by atoms with Crippen LogP contribution in [0.1, 0.15) is 17.4 Å². The van der Waals surface area contributed by atoms with Crippen molar-refractivity contribution >= 4 is 17.3 Å². The number of hydrogen-bond donors (Lipinski definition) is 1. The molecule has 1 heterocycles. The van der Waals surface area contributed by atoms with Gasteiger partial charge in [-0.3, -0.25) is 10.1 Å². The molecule has 0 aliphatic heterocycles. The van der Waals surface area contributed by atoms with Gasteiger partial charge < -0.3 is 14.6 Å². The molecule has 8 nitrogen and oxygen atoms in total. The van der Waals surface area contributed by atoms with Crippen LogP contribution in [0.25, 0.3) is 22.6 Å². The number of non-ortho nitro benzene ring substituents is 1. The Hall–Kier alpha value is -3.68. The molecule has 144 valence electrons. The summed E-state index contributed by atoms with van der Waals surface area (Å²) in [5, 5.41) is 10.8. The van der Waals surface area contributed by atoms with Crippen molar-refractivity contribution in [2.24, 2.45) is 0 Å². The highest BCUT2D eigenvalue weighted by atomic mass is 16.6. The molecule has 8 heteroatoms. The van der Waals surface area contributed by atoms with Gasteiger partial charge in [0.15, 0.2) is 5.69 Å². The number of imidazole rings is 1. The smallest absolute Gasteiger partial charge is 0.359 e. The minimum atomic E-state index is -0.529. The van der Waals surface area contributed by atoms with E-state index in [0.29, 0.717) is 17.1 Å². The number of nitro groups is 1. The zero-order chi connectivity index (χ0) is 20.3.